The molecule has 1 aliphatic rings. The van der Waals surface area contributed by atoms with Gasteiger partial charge in [0, 0.05) is 32.7 Å². The smallest absolute Gasteiger partial charge is 0.329 e. The fourth-order valence-corrected chi connectivity index (χ4v) is 3.87. The van der Waals surface area contributed by atoms with E-state index in [4.69, 9.17) is 0 Å². The lowest BCUT2D eigenvalue weighted by molar-refractivity contribution is -0.136. The molecule has 0 bridgehead atoms. The molecule has 1 aromatic heterocycles. The van der Waals surface area contributed by atoms with Crippen molar-refractivity contribution in [2.45, 2.75) is 19.5 Å². The lowest BCUT2D eigenvalue weighted by Gasteiger charge is -2.36. The third kappa shape index (κ3) is 3.86. The van der Waals surface area contributed by atoms with Crippen LogP contribution in [0.25, 0.3) is 10.9 Å². The number of benzene rings is 2. The number of carbonyl (C=O) groups excluding carboxylic acids is 1. The first-order chi connectivity index (χ1) is 14.0. The summed E-state index contributed by atoms with van der Waals surface area (Å²) in [5.41, 5.74) is 0.730. The number of piperazine rings is 1. The minimum absolute atomic E-state index is 0.202. The topological polar surface area (TPSA) is 78.4 Å². The molecule has 1 saturated heterocycles. The Morgan fingerprint density at radius 3 is 2.34 bits per heavy atom. The molecule has 3 aromatic rings. The largest absolute Gasteiger partial charge is 0.338 e. The molecule has 7 nitrogen and oxygen atoms in total. The summed E-state index contributed by atoms with van der Waals surface area (Å²) in [5.74, 6) is -0.202. The molecule has 2 heterocycles. The monoisotopic (exact) mass is 392 g/mol. The number of aromatic nitrogens is 2. The van der Waals surface area contributed by atoms with Crippen LogP contribution >= 0.6 is 0 Å². The predicted molar refractivity (Wildman–Crippen MR) is 112 cm³/mol. The molecule has 0 unspecified atom stereocenters. The van der Waals surface area contributed by atoms with E-state index in [1.165, 1.54) is 5.56 Å². The number of H-pyrrole nitrogens is 1. The number of fused-ring (bicyclic) bond motifs is 1. The van der Waals surface area contributed by atoms with Crippen molar-refractivity contribution >= 4 is 16.8 Å². The van der Waals surface area contributed by atoms with E-state index in [2.05, 4.69) is 22.0 Å². The Bertz CT molecular complexity index is 1130. The highest BCUT2D eigenvalue weighted by atomic mass is 16.2. The Morgan fingerprint density at radius 2 is 1.62 bits per heavy atom. The van der Waals surface area contributed by atoms with E-state index < -0.39 is 17.3 Å². The number of aromatic amines is 1. The standard InChI is InChI=1S/C22H24N4O3/c1-16(26-21(28)18-9-5-6-10-19(18)23-22(26)29)20(27)25-13-11-24(12-14-25)15-17-7-3-2-4-8-17/h2-10,16H,11-15H2,1H3,(H,23,29)/t16-/m0/s1. The number of para-hydroxylation sites is 1. The van der Waals surface area contributed by atoms with E-state index in [1.54, 1.807) is 36.1 Å². The molecular weight excluding hydrogens is 368 g/mol. The Labute approximate surface area is 168 Å². The summed E-state index contributed by atoms with van der Waals surface area (Å²) in [7, 11) is 0. The molecule has 1 N–H and O–H groups in total. The van der Waals surface area contributed by atoms with Crippen molar-refractivity contribution in [2.75, 3.05) is 26.2 Å². The van der Waals surface area contributed by atoms with Crippen LogP contribution in [-0.2, 0) is 11.3 Å². The number of amides is 1. The van der Waals surface area contributed by atoms with Crippen LogP contribution in [0.1, 0.15) is 18.5 Å². The van der Waals surface area contributed by atoms with Crippen molar-refractivity contribution in [2.24, 2.45) is 0 Å². The number of carbonyl (C=O) groups is 1. The molecule has 1 aliphatic heterocycles. The number of hydrogen-bond donors (Lipinski definition) is 1. The third-order valence-corrected chi connectivity index (χ3v) is 5.51. The van der Waals surface area contributed by atoms with Gasteiger partial charge < -0.3 is 9.88 Å². The Morgan fingerprint density at radius 1 is 0.966 bits per heavy atom. The summed E-state index contributed by atoms with van der Waals surface area (Å²) >= 11 is 0. The number of hydrogen-bond acceptors (Lipinski definition) is 4. The number of nitrogens with one attached hydrogen (secondary N) is 1. The van der Waals surface area contributed by atoms with E-state index in [9.17, 15) is 14.4 Å². The van der Waals surface area contributed by atoms with Gasteiger partial charge in [0.2, 0.25) is 5.91 Å². The summed E-state index contributed by atoms with van der Waals surface area (Å²) in [6.07, 6.45) is 0. The molecule has 150 valence electrons. The number of rotatable bonds is 4. The predicted octanol–water partition coefficient (Wildman–Crippen LogP) is 1.60. The summed E-state index contributed by atoms with van der Waals surface area (Å²) in [6, 6.07) is 16.2. The summed E-state index contributed by atoms with van der Waals surface area (Å²) in [4.78, 5) is 45.0. The first-order valence-electron chi connectivity index (χ1n) is 9.83. The zero-order valence-corrected chi connectivity index (χ0v) is 16.4. The van der Waals surface area contributed by atoms with E-state index in [0.29, 0.717) is 24.0 Å². The minimum Gasteiger partial charge on any atom is -0.338 e. The lowest BCUT2D eigenvalue weighted by atomic mass is 10.2. The molecule has 1 fully saturated rings. The van der Waals surface area contributed by atoms with Gasteiger partial charge in [0.1, 0.15) is 6.04 Å². The van der Waals surface area contributed by atoms with Gasteiger partial charge in [-0.1, -0.05) is 42.5 Å². The van der Waals surface area contributed by atoms with Crippen molar-refractivity contribution in [1.29, 1.82) is 0 Å². The third-order valence-electron chi connectivity index (χ3n) is 5.51. The van der Waals surface area contributed by atoms with Crippen molar-refractivity contribution in [3.63, 3.8) is 0 Å². The van der Waals surface area contributed by atoms with Crippen LogP contribution in [0.4, 0.5) is 0 Å². The van der Waals surface area contributed by atoms with E-state index in [-0.39, 0.29) is 5.91 Å². The molecule has 4 rings (SSSR count). The van der Waals surface area contributed by atoms with Gasteiger partial charge in [-0.2, -0.15) is 0 Å². The van der Waals surface area contributed by atoms with Gasteiger partial charge in [-0.3, -0.25) is 14.5 Å². The van der Waals surface area contributed by atoms with Crippen LogP contribution in [0.3, 0.4) is 0 Å². The lowest BCUT2D eigenvalue weighted by Crippen LogP contribution is -2.52. The molecule has 1 amide bonds. The highest BCUT2D eigenvalue weighted by Crippen LogP contribution is 2.13. The molecule has 1 atom stereocenters. The second kappa shape index (κ2) is 8.05. The molecule has 0 radical (unpaired) electrons. The average Bonchev–Trinajstić information content (AvgIpc) is 2.74. The van der Waals surface area contributed by atoms with E-state index in [0.717, 1.165) is 24.2 Å². The summed E-state index contributed by atoms with van der Waals surface area (Å²) < 4.78 is 1.03. The van der Waals surface area contributed by atoms with Crippen LogP contribution in [0.2, 0.25) is 0 Å². The van der Waals surface area contributed by atoms with E-state index in [1.807, 2.05) is 18.2 Å². The van der Waals surface area contributed by atoms with Gasteiger partial charge in [0.05, 0.1) is 10.9 Å². The maximum absolute atomic E-state index is 13.0. The maximum Gasteiger partial charge on any atom is 0.329 e. The van der Waals surface area contributed by atoms with Crippen LogP contribution in [0.15, 0.2) is 64.2 Å². The first-order valence-corrected chi connectivity index (χ1v) is 9.83. The second-order valence-corrected chi connectivity index (χ2v) is 7.41. The zero-order chi connectivity index (χ0) is 20.4. The van der Waals surface area contributed by atoms with E-state index >= 15 is 0 Å². The zero-order valence-electron chi connectivity index (χ0n) is 16.4. The average molecular weight is 392 g/mol. The van der Waals surface area contributed by atoms with Crippen molar-refractivity contribution in [3.8, 4) is 0 Å². The normalized spacial score (nSPS) is 16.1. The van der Waals surface area contributed by atoms with Gasteiger partial charge in [-0.15, -0.1) is 0 Å². The molecule has 0 spiro atoms. The van der Waals surface area contributed by atoms with Gasteiger partial charge in [-0.25, -0.2) is 9.36 Å². The van der Waals surface area contributed by atoms with Crippen molar-refractivity contribution in [3.05, 3.63) is 81.0 Å². The molecule has 29 heavy (non-hydrogen) atoms. The highest BCUT2D eigenvalue weighted by Gasteiger charge is 2.28. The second-order valence-electron chi connectivity index (χ2n) is 7.41. The van der Waals surface area contributed by atoms with Crippen LogP contribution in [0.5, 0.6) is 0 Å². The molecule has 0 aliphatic carbocycles. The van der Waals surface area contributed by atoms with Gasteiger partial charge in [0.25, 0.3) is 5.56 Å². The van der Waals surface area contributed by atoms with Gasteiger partial charge in [0.15, 0.2) is 0 Å². The Balaban J connectivity index is 1.47. The molecular formula is C22H24N4O3. The summed E-state index contributed by atoms with van der Waals surface area (Å²) in [5, 5.41) is 0.402. The Hall–Kier alpha value is -3.19. The maximum atomic E-state index is 13.0. The first kappa shape index (κ1) is 19.1. The molecule has 2 aromatic carbocycles. The SMILES string of the molecule is C[C@@H](C(=O)N1CCN(Cc2ccccc2)CC1)n1c(=O)[nH]c2ccccc2c1=O. The van der Waals surface area contributed by atoms with Gasteiger partial charge in [-0.05, 0) is 24.6 Å². The summed E-state index contributed by atoms with van der Waals surface area (Å²) in [6.45, 7) is 5.14. The van der Waals surface area contributed by atoms with Crippen LogP contribution in [0, 0.1) is 0 Å². The van der Waals surface area contributed by atoms with Crippen molar-refractivity contribution < 1.29 is 4.79 Å². The highest BCUT2D eigenvalue weighted by molar-refractivity contribution is 5.81. The quantitative estimate of drug-likeness (QED) is 0.732. The fraction of sp³-hybridized carbons (Fsp3) is 0.318. The van der Waals surface area contributed by atoms with Crippen LogP contribution < -0.4 is 11.2 Å². The van der Waals surface area contributed by atoms with Crippen molar-refractivity contribution in [1.82, 2.24) is 19.4 Å². The number of nitrogens with zero attached hydrogens (tertiary/aromatic N) is 3. The molecule has 7 heteroatoms. The fourth-order valence-electron chi connectivity index (χ4n) is 3.87. The van der Waals surface area contributed by atoms with Crippen LogP contribution in [-0.4, -0.2) is 51.4 Å². The Kier molecular flexibility index (Phi) is 5.31. The van der Waals surface area contributed by atoms with Gasteiger partial charge >= 0.3 is 5.69 Å². The minimum atomic E-state index is -0.850. The molecule has 0 saturated carbocycles.